The van der Waals surface area contributed by atoms with Crippen molar-refractivity contribution in [3.8, 4) is 5.69 Å². The van der Waals surface area contributed by atoms with Gasteiger partial charge in [-0.1, -0.05) is 54.2 Å². The van der Waals surface area contributed by atoms with Crippen molar-refractivity contribution in [2.45, 2.75) is 26.5 Å². The molecule has 0 fully saturated rings. The lowest BCUT2D eigenvalue weighted by molar-refractivity contribution is -0.114. The number of thioether (sulfide) groups is 1. The summed E-state index contributed by atoms with van der Waals surface area (Å²) in [6.07, 6.45) is 1.78. The third-order valence-corrected chi connectivity index (χ3v) is 7.56. The minimum atomic E-state index is -0.409. The van der Waals surface area contributed by atoms with E-state index in [1.807, 2.05) is 44.2 Å². The largest absolute Gasteiger partial charge is 0.318 e. The summed E-state index contributed by atoms with van der Waals surface area (Å²) in [4.78, 5) is 18.8. The topological polar surface area (TPSA) is 73.8 Å². The van der Waals surface area contributed by atoms with E-state index in [4.69, 9.17) is 5.41 Å². The molecular formula is C26H23N5OS2. The number of amidine groups is 3. The first kappa shape index (κ1) is 22.4. The highest BCUT2D eigenvalue weighted by molar-refractivity contribution is 8.18. The van der Waals surface area contributed by atoms with E-state index in [0.29, 0.717) is 10.3 Å². The lowest BCUT2D eigenvalue weighted by Crippen LogP contribution is -2.41. The van der Waals surface area contributed by atoms with Crippen LogP contribution in [0.2, 0.25) is 0 Å². The number of aryl methyl sites for hydroxylation is 2. The molecular weight excluding hydrogens is 462 g/mol. The lowest BCUT2D eigenvalue weighted by atomic mass is 10.1. The second kappa shape index (κ2) is 9.12. The standard InChI is InChI=1S/C26H23N5OS2/c1-16-8-7-11-21(12-16)30-17(2)13-20(18(30)3)14-22-23(27)31-25(28-24(22)32)34-29-26(31)33-15-19-9-5-4-6-10-19/h4-14,27H,15H2,1-3H3/b22-14-,27-23?. The van der Waals surface area contributed by atoms with Crippen LogP contribution in [0.25, 0.3) is 11.8 Å². The molecule has 3 aromatic rings. The van der Waals surface area contributed by atoms with Gasteiger partial charge >= 0.3 is 0 Å². The Morgan fingerprint density at radius 2 is 1.85 bits per heavy atom. The van der Waals surface area contributed by atoms with Crippen LogP contribution in [-0.4, -0.2) is 31.5 Å². The Morgan fingerprint density at radius 1 is 1.06 bits per heavy atom. The highest BCUT2D eigenvalue weighted by Crippen LogP contribution is 2.33. The Labute approximate surface area is 207 Å². The summed E-state index contributed by atoms with van der Waals surface area (Å²) < 4.78 is 6.64. The van der Waals surface area contributed by atoms with Crippen LogP contribution < -0.4 is 0 Å². The molecule has 2 aliphatic heterocycles. The molecule has 6 nitrogen and oxygen atoms in total. The fourth-order valence-electron chi connectivity index (χ4n) is 4.07. The summed E-state index contributed by atoms with van der Waals surface area (Å²) in [6, 6.07) is 20.5. The van der Waals surface area contributed by atoms with E-state index < -0.39 is 5.91 Å². The molecule has 0 aliphatic carbocycles. The van der Waals surface area contributed by atoms with E-state index in [2.05, 4.69) is 51.2 Å². The van der Waals surface area contributed by atoms with Gasteiger partial charge in [-0.3, -0.25) is 10.2 Å². The number of rotatable bonds is 4. The third-order valence-electron chi connectivity index (χ3n) is 5.74. The molecule has 8 heteroatoms. The molecule has 0 saturated heterocycles. The van der Waals surface area contributed by atoms with Gasteiger partial charge < -0.3 is 4.57 Å². The first-order valence-corrected chi connectivity index (χ1v) is 12.6. The molecule has 0 bridgehead atoms. The van der Waals surface area contributed by atoms with Crippen molar-refractivity contribution in [3.05, 3.63) is 94.3 Å². The Kier molecular flexibility index (Phi) is 6.02. The van der Waals surface area contributed by atoms with Gasteiger partial charge in [-0.05, 0) is 61.7 Å². The van der Waals surface area contributed by atoms with Gasteiger partial charge in [-0.2, -0.15) is 9.39 Å². The minimum absolute atomic E-state index is 0.111. The number of benzene rings is 2. The molecule has 0 spiro atoms. The zero-order valence-corrected chi connectivity index (χ0v) is 20.7. The van der Waals surface area contributed by atoms with Crippen LogP contribution in [-0.2, 0) is 10.5 Å². The molecule has 2 aliphatic rings. The molecule has 0 saturated carbocycles. The maximum absolute atomic E-state index is 12.9. The van der Waals surface area contributed by atoms with Crippen LogP contribution in [0, 0.1) is 26.2 Å². The van der Waals surface area contributed by atoms with Gasteiger partial charge in [0.05, 0.1) is 17.5 Å². The average Bonchev–Trinajstić information content (AvgIpc) is 3.35. The van der Waals surface area contributed by atoms with Crippen LogP contribution in [0.1, 0.15) is 28.1 Å². The van der Waals surface area contributed by atoms with Crippen LogP contribution >= 0.6 is 23.7 Å². The zero-order chi connectivity index (χ0) is 23.8. The number of hydrogen-bond acceptors (Lipinski definition) is 5. The van der Waals surface area contributed by atoms with Gasteiger partial charge in [0.2, 0.25) is 5.17 Å². The van der Waals surface area contributed by atoms with E-state index in [1.165, 1.54) is 22.9 Å². The van der Waals surface area contributed by atoms with Gasteiger partial charge in [0, 0.05) is 22.8 Å². The zero-order valence-electron chi connectivity index (χ0n) is 19.1. The SMILES string of the molecule is Cc1cccc(-n2c(C)cc(/C=C3/C(=N)N4C(SCc5ccccc5)=NSC4=NC3=O)c2C)c1. The number of nitrogens with zero attached hydrogens (tertiary/aromatic N) is 4. The molecule has 2 aromatic carbocycles. The molecule has 5 rings (SSSR count). The molecule has 1 aromatic heterocycles. The van der Waals surface area contributed by atoms with Gasteiger partial charge in [-0.15, -0.1) is 0 Å². The van der Waals surface area contributed by atoms with Crippen LogP contribution in [0.4, 0.5) is 0 Å². The maximum Gasteiger partial charge on any atom is 0.283 e. The predicted molar refractivity (Wildman–Crippen MR) is 143 cm³/mol. The van der Waals surface area contributed by atoms with Gasteiger partial charge in [-0.25, -0.2) is 4.90 Å². The van der Waals surface area contributed by atoms with Crippen LogP contribution in [0.3, 0.4) is 0 Å². The first-order valence-electron chi connectivity index (χ1n) is 10.8. The van der Waals surface area contributed by atoms with Crippen molar-refractivity contribution in [1.29, 1.82) is 5.41 Å². The van der Waals surface area contributed by atoms with Gasteiger partial charge in [0.15, 0.2) is 5.17 Å². The van der Waals surface area contributed by atoms with Crippen molar-refractivity contribution in [3.63, 3.8) is 0 Å². The van der Waals surface area contributed by atoms with Gasteiger partial charge in [0.25, 0.3) is 5.91 Å². The summed E-state index contributed by atoms with van der Waals surface area (Å²) in [5.74, 6) is 0.426. The van der Waals surface area contributed by atoms with Crippen LogP contribution in [0.5, 0.6) is 0 Å². The molecule has 1 amide bonds. The number of carbonyl (C=O) groups excluding carboxylic acids is 1. The third kappa shape index (κ3) is 4.15. The van der Waals surface area contributed by atoms with Crippen molar-refractivity contribution >= 4 is 51.9 Å². The Balaban J connectivity index is 1.45. The van der Waals surface area contributed by atoms with E-state index in [-0.39, 0.29) is 11.4 Å². The highest BCUT2D eigenvalue weighted by Gasteiger charge is 2.37. The fraction of sp³-hybridized carbons (Fsp3) is 0.154. The maximum atomic E-state index is 12.9. The molecule has 170 valence electrons. The number of aliphatic imine (C=N–C) groups is 1. The van der Waals surface area contributed by atoms with E-state index in [9.17, 15) is 4.79 Å². The second-order valence-electron chi connectivity index (χ2n) is 8.18. The van der Waals surface area contributed by atoms with E-state index >= 15 is 0 Å². The molecule has 0 atom stereocenters. The number of fused-ring (bicyclic) bond motifs is 1. The monoisotopic (exact) mass is 485 g/mol. The predicted octanol–water partition coefficient (Wildman–Crippen LogP) is 5.91. The Hall–Kier alpha value is -3.36. The Bertz CT molecular complexity index is 1400. The average molecular weight is 486 g/mol. The lowest BCUT2D eigenvalue weighted by Gasteiger charge is -2.24. The van der Waals surface area contributed by atoms with Crippen molar-refractivity contribution in [1.82, 2.24) is 9.47 Å². The molecule has 3 heterocycles. The normalized spacial score (nSPS) is 16.7. The summed E-state index contributed by atoms with van der Waals surface area (Å²) in [7, 11) is 0. The molecule has 0 radical (unpaired) electrons. The van der Waals surface area contributed by atoms with Crippen LogP contribution in [0.15, 0.2) is 75.6 Å². The van der Waals surface area contributed by atoms with E-state index in [0.717, 1.165) is 40.3 Å². The molecule has 34 heavy (non-hydrogen) atoms. The summed E-state index contributed by atoms with van der Waals surface area (Å²) in [5, 5.41) is 9.94. The number of aromatic nitrogens is 1. The summed E-state index contributed by atoms with van der Waals surface area (Å²) in [6.45, 7) is 6.15. The summed E-state index contributed by atoms with van der Waals surface area (Å²) >= 11 is 2.68. The van der Waals surface area contributed by atoms with Crippen molar-refractivity contribution in [2.24, 2.45) is 9.39 Å². The van der Waals surface area contributed by atoms with E-state index in [1.54, 1.807) is 11.0 Å². The van der Waals surface area contributed by atoms with Crippen molar-refractivity contribution in [2.75, 3.05) is 0 Å². The summed E-state index contributed by atoms with van der Waals surface area (Å²) in [5.41, 5.74) is 6.66. The Morgan fingerprint density at radius 3 is 2.62 bits per heavy atom. The fourth-order valence-corrected chi connectivity index (χ4v) is 5.87. The number of carbonyl (C=O) groups is 1. The first-order chi connectivity index (χ1) is 16.4. The number of hydrogen-bond donors (Lipinski definition) is 1. The number of nitrogens with one attached hydrogen (secondary N) is 1. The van der Waals surface area contributed by atoms with Gasteiger partial charge in [0.1, 0.15) is 5.84 Å². The molecule has 1 N–H and O–H groups in total. The highest BCUT2D eigenvalue weighted by atomic mass is 32.2. The smallest absolute Gasteiger partial charge is 0.283 e. The van der Waals surface area contributed by atoms with Crippen molar-refractivity contribution < 1.29 is 4.79 Å². The number of amides is 1. The minimum Gasteiger partial charge on any atom is -0.318 e. The molecule has 0 unspecified atom stereocenters. The quantitative estimate of drug-likeness (QED) is 0.368. The second-order valence-corrected chi connectivity index (χ2v) is 9.85.